The smallest absolute Gasteiger partial charge is 0.308 e. The summed E-state index contributed by atoms with van der Waals surface area (Å²) in [6.07, 6.45) is 1.11. The van der Waals surface area contributed by atoms with Gasteiger partial charge in [-0.15, -0.1) is 0 Å². The van der Waals surface area contributed by atoms with Crippen LogP contribution >= 0.6 is 0 Å². The van der Waals surface area contributed by atoms with Gasteiger partial charge in [0.05, 0.1) is 0 Å². The molecule has 0 aliphatic heterocycles. The molecule has 0 aliphatic rings. The molecule has 2 amide bonds. The van der Waals surface area contributed by atoms with E-state index in [0.29, 0.717) is 5.92 Å². The van der Waals surface area contributed by atoms with Crippen molar-refractivity contribution in [3.05, 3.63) is 60.2 Å². The number of amides is 2. The van der Waals surface area contributed by atoms with E-state index in [1.807, 2.05) is 42.5 Å². The lowest BCUT2D eigenvalue weighted by molar-refractivity contribution is 0.262. The largest absolute Gasteiger partial charge is 0.323 e. The van der Waals surface area contributed by atoms with Crippen LogP contribution in [-0.4, -0.2) is 6.03 Å². The molecule has 3 nitrogen and oxygen atoms in total. The molecular weight excluding hydrogens is 248 g/mol. The highest BCUT2D eigenvalue weighted by molar-refractivity contribution is 5.99. The molecule has 20 heavy (non-hydrogen) atoms. The van der Waals surface area contributed by atoms with Crippen LogP contribution in [0.1, 0.15) is 31.7 Å². The molecule has 104 valence electrons. The zero-order valence-corrected chi connectivity index (χ0v) is 11.9. The Morgan fingerprint density at radius 2 is 1.50 bits per heavy atom. The summed E-state index contributed by atoms with van der Waals surface area (Å²) in [5, 5.41) is 5.61. The van der Waals surface area contributed by atoms with Crippen LogP contribution in [0.2, 0.25) is 0 Å². The Morgan fingerprint density at radius 3 is 2.05 bits per heavy atom. The average molecular weight is 268 g/mol. The molecule has 2 N–H and O–H groups in total. The Balaban J connectivity index is 1.94. The van der Waals surface area contributed by atoms with Gasteiger partial charge < -0.3 is 10.6 Å². The molecule has 0 fully saturated rings. The molecule has 0 aliphatic carbocycles. The van der Waals surface area contributed by atoms with Gasteiger partial charge in [-0.2, -0.15) is 0 Å². The van der Waals surface area contributed by atoms with Crippen LogP contribution in [0.3, 0.4) is 0 Å². The molecule has 0 bridgehead atoms. The molecule has 0 spiro atoms. The summed E-state index contributed by atoms with van der Waals surface area (Å²) in [5.41, 5.74) is 2.87. The van der Waals surface area contributed by atoms with Crippen LogP contribution in [0.5, 0.6) is 0 Å². The maximum atomic E-state index is 11.8. The zero-order chi connectivity index (χ0) is 14.4. The van der Waals surface area contributed by atoms with Gasteiger partial charge in [-0.25, -0.2) is 4.79 Å². The number of benzene rings is 2. The maximum Gasteiger partial charge on any atom is 0.323 e. The van der Waals surface area contributed by atoms with Crippen molar-refractivity contribution < 1.29 is 4.79 Å². The van der Waals surface area contributed by atoms with Crippen molar-refractivity contribution in [2.75, 3.05) is 10.6 Å². The molecule has 2 aromatic carbocycles. The second-order valence-corrected chi connectivity index (χ2v) is 4.88. The van der Waals surface area contributed by atoms with Crippen molar-refractivity contribution in [3.63, 3.8) is 0 Å². The molecule has 1 atom stereocenters. The molecule has 0 aromatic heterocycles. The summed E-state index contributed by atoms with van der Waals surface area (Å²) in [7, 11) is 0. The number of urea groups is 1. The Morgan fingerprint density at radius 1 is 0.950 bits per heavy atom. The summed E-state index contributed by atoms with van der Waals surface area (Å²) in [4.78, 5) is 11.8. The summed E-state index contributed by atoms with van der Waals surface area (Å²) < 4.78 is 0. The predicted molar refractivity (Wildman–Crippen MR) is 84.2 cm³/mol. The van der Waals surface area contributed by atoms with Crippen molar-refractivity contribution in [2.24, 2.45) is 0 Å². The SMILES string of the molecule is CC[C@@H](C)c1ccc(NC(=O)Nc2ccccc2)cc1. The van der Waals surface area contributed by atoms with Crippen LogP contribution in [-0.2, 0) is 0 Å². The Bertz CT molecular complexity index is 549. The minimum Gasteiger partial charge on any atom is -0.308 e. The number of rotatable bonds is 4. The summed E-state index contributed by atoms with van der Waals surface area (Å²) in [6.45, 7) is 4.37. The Kier molecular flexibility index (Phi) is 4.77. The van der Waals surface area contributed by atoms with Crippen molar-refractivity contribution in [1.82, 2.24) is 0 Å². The maximum absolute atomic E-state index is 11.8. The van der Waals surface area contributed by atoms with Crippen molar-refractivity contribution in [1.29, 1.82) is 0 Å². The first-order chi connectivity index (χ1) is 9.69. The lowest BCUT2D eigenvalue weighted by atomic mass is 9.99. The van der Waals surface area contributed by atoms with Crippen LogP contribution in [0.4, 0.5) is 16.2 Å². The highest BCUT2D eigenvalue weighted by atomic mass is 16.2. The van der Waals surface area contributed by atoms with Crippen LogP contribution in [0, 0.1) is 0 Å². The fourth-order valence-corrected chi connectivity index (χ4v) is 1.95. The fraction of sp³-hybridized carbons (Fsp3) is 0.235. The van der Waals surface area contributed by atoms with E-state index in [0.717, 1.165) is 17.8 Å². The van der Waals surface area contributed by atoms with Gasteiger partial charge in [0.1, 0.15) is 0 Å². The molecule has 0 unspecified atom stereocenters. The third-order valence-electron chi connectivity index (χ3n) is 3.38. The average Bonchev–Trinajstić information content (AvgIpc) is 2.48. The predicted octanol–water partition coefficient (Wildman–Crippen LogP) is 4.84. The van der Waals surface area contributed by atoms with Gasteiger partial charge in [-0.3, -0.25) is 0 Å². The molecule has 0 radical (unpaired) electrons. The number of carbonyl (C=O) groups is 1. The number of anilines is 2. The van der Waals surface area contributed by atoms with Gasteiger partial charge in [-0.05, 0) is 42.2 Å². The summed E-state index contributed by atoms with van der Waals surface area (Å²) in [5.74, 6) is 0.544. The number of carbonyl (C=O) groups excluding carboxylic acids is 1. The molecule has 0 heterocycles. The minimum atomic E-state index is -0.229. The number of para-hydroxylation sites is 1. The number of hydrogen-bond donors (Lipinski definition) is 2. The molecule has 2 aromatic rings. The molecule has 0 saturated heterocycles. The van der Waals surface area contributed by atoms with Gasteiger partial charge in [0.2, 0.25) is 0 Å². The lowest BCUT2D eigenvalue weighted by Gasteiger charge is -2.11. The van der Waals surface area contributed by atoms with E-state index in [9.17, 15) is 4.79 Å². The summed E-state index contributed by atoms with van der Waals surface area (Å²) >= 11 is 0. The second kappa shape index (κ2) is 6.75. The molecule has 0 saturated carbocycles. The van der Waals surface area contributed by atoms with Crippen LogP contribution in [0.15, 0.2) is 54.6 Å². The third kappa shape index (κ3) is 3.85. The van der Waals surface area contributed by atoms with Crippen molar-refractivity contribution in [2.45, 2.75) is 26.2 Å². The highest BCUT2D eigenvalue weighted by Crippen LogP contribution is 2.20. The van der Waals surface area contributed by atoms with Crippen molar-refractivity contribution in [3.8, 4) is 0 Å². The Hall–Kier alpha value is -2.29. The van der Waals surface area contributed by atoms with E-state index < -0.39 is 0 Å². The first-order valence-electron chi connectivity index (χ1n) is 6.92. The first kappa shape index (κ1) is 14.1. The van der Waals surface area contributed by atoms with Crippen LogP contribution in [0.25, 0.3) is 0 Å². The number of hydrogen-bond acceptors (Lipinski definition) is 1. The van der Waals surface area contributed by atoms with Gasteiger partial charge in [-0.1, -0.05) is 44.2 Å². The third-order valence-corrected chi connectivity index (χ3v) is 3.38. The van der Waals surface area contributed by atoms with E-state index in [2.05, 4.69) is 36.6 Å². The zero-order valence-electron chi connectivity index (χ0n) is 11.9. The van der Waals surface area contributed by atoms with Gasteiger partial charge >= 0.3 is 6.03 Å². The minimum absolute atomic E-state index is 0.229. The standard InChI is InChI=1S/C17H20N2O/c1-3-13(2)14-9-11-16(12-10-14)19-17(20)18-15-7-5-4-6-8-15/h4-13H,3H2,1-2H3,(H2,18,19,20)/t13-/m1/s1. The van der Waals surface area contributed by atoms with Gasteiger partial charge in [0, 0.05) is 11.4 Å². The van der Waals surface area contributed by atoms with Gasteiger partial charge in [0.25, 0.3) is 0 Å². The van der Waals surface area contributed by atoms with E-state index in [4.69, 9.17) is 0 Å². The molecular formula is C17H20N2O. The Labute approximate surface area is 120 Å². The van der Waals surface area contributed by atoms with E-state index in [1.54, 1.807) is 0 Å². The fourth-order valence-electron chi connectivity index (χ4n) is 1.95. The van der Waals surface area contributed by atoms with E-state index in [-0.39, 0.29) is 6.03 Å². The quantitative estimate of drug-likeness (QED) is 0.818. The van der Waals surface area contributed by atoms with E-state index >= 15 is 0 Å². The monoisotopic (exact) mass is 268 g/mol. The van der Waals surface area contributed by atoms with Crippen LogP contribution < -0.4 is 10.6 Å². The molecule has 2 rings (SSSR count). The van der Waals surface area contributed by atoms with Gasteiger partial charge in [0.15, 0.2) is 0 Å². The first-order valence-corrected chi connectivity index (χ1v) is 6.92. The van der Waals surface area contributed by atoms with E-state index in [1.165, 1.54) is 5.56 Å². The normalized spacial score (nSPS) is 11.7. The summed E-state index contributed by atoms with van der Waals surface area (Å²) in [6, 6.07) is 17.2. The number of nitrogens with one attached hydrogen (secondary N) is 2. The topological polar surface area (TPSA) is 41.1 Å². The molecule has 3 heteroatoms. The van der Waals surface area contributed by atoms with Crippen molar-refractivity contribution >= 4 is 17.4 Å². The highest BCUT2D eigenvalue weighted by Gasteiger charge is 2.04. The second-order valence-electron chi connectivity index (χ2n) is 4.88. The lowest BCUT2D eigenvalue weighted by Crippen LogP contribution is -2.19.